The van der Waals surface area contributed by atoms with Gasteiger partial charge in [-0.25, -0.2) is 4.39 Å². The molecule has 1 aliphatic heterocycles. The van der Waals surface area contributed by atoms with Gasteiger partial charge in [0.15, 0.2) is 12.4 Å². The van der Waals surface area contributed by atoms with Crippen molar-refractivity contribution in [3.8, 4) is 11.3 Å². The van der Waals surface area contributed by atoms with Gasteiger partial charge in [-0.3, -0.25) is 0 Å². The highest BCUT2D eigenvalue weighted by Gasteiger charge is 2.25. The molecule has 0 atom stereocenters. The van der Waals surface area contributed by atoms with Gasteiger partial charge in [0.25, 0.3) is 0 Å². The van der Waals surface area contributed by atoms with Crippen molar-refractivity contribution in [1.29, 1.82) is 0 Å². The molecule has 1 aliphatic rings. The zero-order valence-corrected chi connectivity index (χ0v) is 7.57. The standard InChI is InChI=1S/C12H9FN/c13-10-5-6-12-11-4-2-1-3-9(11)7-14(12)8-10/h1-6,8H,7H2/q+1. The van der Waals surface area contributed by atoms with Crippen LogP contribution < -0.4 is 4.57 Å². The minimum absolute atomic E-state index is 0.179. The molecule has 2 heteroatoms. The molecule has 0 saturated heterocycles. The van der Waals surface area contributed by atoms with E-state index >= 15 is 0 Å². The maximum absolute atomic E-state index is 13.0. The van der Waals surface area contributed by atoms with Gasteiger partial charge in [-0.1, -0.05) is 18.2 Å². The highest BCUT2D eigenvalue weighted by molar-refractivity contribution is 5.62. The number of hydrogen-bond donors (Lipinski definition) is 0. The molecule has 2 aromatic rings. The molecule has 3 rings (SSSR count). The Kier molecular flexibility index (Phi) is 1.45. The van der Waals surface area contributed by atoms with Crippen molar-refractivity contribution < 1.29 is 8.96 Å². The third-order valence-electron chi connectivity index (χ3n) is 2.62. The lowest BCUT2D eigenvalue weighted by molar-refractivity contribution is -0.673. The average Bonchev–Trinajstić information content (AvgIpc) is 2.54. The van der Waals surface area contributed by atoms with Gasteiger partial charge < -0.3 is 0 Å². The largest absolute Gasteiger partial charge is 0.213 e. The molecule has 0 spiro atoms. The van der Waals surface area contributed by atoms with Crippen LogP contribution in [-0.2, 0) is 6.54 Å². The number of nitrogens with zero attached hydrogens (tertiary/aromatic N) is 1. The predicted octanol–water partition coefficient (Wildman–Crippen LogP) is 2.14. The number of benzene rings is 1. The van der Waals surface area contributed by atoms with Crippen molar-refractivity contribution in [3.05, 3.63) is 54.0 Å². The summed E-state index contributed by atoms with van der Waals surface area (Å²) in [7, 11) is 0. The van der Waals surface area contributed by atoms with E-state index in [2.05, 4.69) is 12.1 Å². The number of pyridine rings is 1. The second-order valence-corrected chi connectivity index (χ2v) is 3.52. The van der Waals surface area contributed by atoms with Crippen molar-refractivity contribution in [2.75, 3.05) is 0 Å². The topological polar surface area (TPSA) is 3.88 Å². The molecule has 0 aliphatic carbocycles. The lowest BCUT2D eigenvalue weighted by Crippen LogP contribution is -2.32. The fourth-order valence-corrected chi connectivity index (χ4v) is 1.98. The van der Waals surface area contributed by atoms with Crippen molar-refractivity contribution in [2.24, 2.45) is 0 Å². The molecular formula is C12H9FN+. The van der Waals surface area contributed by atoms with Gasteiger partial charge in [0.05, 0.1) is 5.56 Å². The summed E-state index contributed by atoms with van der Waals surface area (Å²) in [5.41, 5.74) is 3.58. The van der Waals surface area contributed by atoms with E-state index in [1.807, 2.05) is 22.8 Å². The van der Waals surface area contributed by atoms with Crippen LogP contribution in [0.4, 0.5) is 4.39 Å². The first kappa shape index (κ1) is 7.68. The van der Waals surface area contributed by atoms with Crippen molar-refractivity contribution in [1.82, 2.24) is 0 Å². The van der Waals surface area contributed by atoms with Crippen LogP contribution in [0.15, 0.2) is 42.6 Å². The van der Waals surface area contributed by atoms with E-state index in [1.165, 1.54) is 17.2 Å². The summed E-state index contributed by atoms with van der Waals surface area (Å²) in [5, 5.41) is 0. The van der Waals surface area contributed by atoms with Crippen LogP contribution in [-0.4, -0.2) is 0 Å². The van der Waals surface area contributed by atoms with E-state index in [0.29, 0.717) is 0 Å². The number of hydrogen-bond acceptors (Lipinski definition) is 0. The van der Waals surface area contributed by atoms with Gasteiger partial charge in [0.1, 0.15) is 0 Å². The van der Waals surface area contributed by atoms with E-state index in [0.717, 1.165) is 12.2 Å². The van der Waals surface area contributed by atoms with E-state index in [4.69, 9.17) is 0 Å². The lowest BCUT2D eigenvalue weighted by Gasteiger charge is -1.92. The van der Waals surface area contributed by atoms with E-state index in [1.54, 1.807) is 6.20 Å². The number of halogens is 1. The highest BCUT2D eigenvalue weighted by atomic mass is 19.1. The third-order valence-corrected chi connectivity index (χ3v) is 2.62. The molecule has 0 bridgehead atoms. The van der Waals surface area contributed by atoms with Crippen LogP contribution in [0.3, 0.4) is 0 Å². The first-order valence-electron chi connectivity index (χ1n) is 4.62. The fraction of sp³-hybridized carbons (Fsp3) is 0.0833. The highest BCUT2D eigenvalue weighted by Crippen LogP contribution is 2.25. The molecule has 0 unspecified atom stereocenters. The van der Waals surface area contributed by atoms with Crippen molar-refractivity contribution >= 4 is 0 Å². The van der Waals surface area contributed by atoms with Gasteiger partial charge >= 0.3 is 0 Å². The molecule has 1 aromatic heterocycles. The Bertz CT molecular complexity index is 505. The molecule has 68 valence electrons. The van der Waals surface area contributed by atoms with Crippen LogP contribution in [0.1, 0.15) is 5.56 Å². The van der Waals surface area contributed by atoms with Gasteiger partial charge in [0, 0.05) is 11.6 Å². The zero-order valence-electron chi connectivity index (χ0n) is 7.57. The summed E-state index contributed by atoms with van der Waals surface area (Å²) in [6, 6.07) is 11.5. The molecule has 0 saturated carbocycles. The normalized spacial score (nSPS) is 12.4. The van der Waals surface area contributed by atoms with Crippen LogP contribution >= 0.6 is 0 Å². The summed E-state index contributed by atoms with van der Waals surface area (Å²) in [6.07, 6.45) is 1.55. The number of rotatable bonds is 0. The molecule has 0 fully saturated rings. The summed E-state index contributed by atoms with van der Waals surface area (Å²) in [4.78, 5) is 0. The maximum Gasteiger partial charge on any atom is 0.213 e. The van der Waals surface area contributed by atoms with E-state index in [9.17, 15) is 4.39 Å². The Balaban J connectivity index is 2.27. The molecule has 2 heterocycles. The predicted molar refractivity (Wildman–Crippen MR) is 51.1 cm³/mol. The Morgan fingerprint density at radius 2 is 1.93 bits per heavy atom. The Morgan fingerprint density at radius 1 is 1.07 bits per heavy atom. The van der Waals surface area contributed by atoms with Crippen molar-refractivity contribution in [3.63, 3.8) is 0 Å². The van der Waals surface area contributed by atoms with Crippen LogP contribution in [0, 0.1) is 5.82 Å². The summed E-state index contributed by atoms with van der Waals surface area (Å²) >= 11 is 0. The summed E-state index contributed by atoms with van der Waals surface area (Å²) < 4.78 is 14.9. The maximum atomic E-state index is 13.0. The zero-order chi connectivity index (χ0) is 9.54. The second kappa shape index (κ2) is 2.64. The second-order valence-electron chi connectivity index (χ2n) is 3.52. The van der Waals surface area contributed by atoms with Gasteiger partial charge in [-0.05, 0) is 12.1 Å². The van der Waals surface area contributed by atoms with Gasteiger partial charge in [-0.15, -0.1) is 0 Å². The minimum atomic E-state index is -0.179. The molecule has 1 aromatic carbocycles. The average molecular weight is 186 g/mol. The molecule has 0 N–H and O–H groups in total. The summed E-state index contributed by atoms with van der Waals surface area (Å²) in [5.74, 6) is -0.179. The van der Waals surface area contributed by atoms with Gasteiger partial charge in [-0.2, -0.15) is 4.57 Å². The first-order valence-corrected chi connectivity index (χ1v) is 4.62. The Labute approximate surface area is 81.4 Å². The third kappa shape index (κ3) is 0.970. The number of aromatic nitrogens is 1. The van der Waals surface area contributed by atoms with Crippen LogP contribution in [0.25, 0.3) is 11.3 Å². The van der Waals surface area contributed by atoms with E-state index in [-0.39, 0.29) is 5.82 Å². The molecule has 1 nitrogen and oxygen atoms in total. The lowest BCUT2D eigenvalue weighted by atomic mass is 10.1. The monoisotopic (exact) mass is 186 g/mol. The van der Waals surface area contributed by atoms with Crippen molar-refractivity contribution in [2.45, 2.75) is 6.54 Å². The van der Waals surface area contributed by atoms with Crippen LogP contribution in [0.2, 0.25) is 0 Å². The van der Waals surface area contributed by atoms with Crippen LogP contribution in [0.5, 0.6) is 0 Å². The SMILES string of the molecule is Fc1ccc2[n+](c1)Cc1ccccc1-2. The van der Waals surface area contributed by atoms with Gasteiger partial charge in [0.2, 0.25) is 11.9 Å². The van der Waals surface area contributed by atoms with E-state index < -0.39 is 0 Å². The Morgan fingerprint density at radius 3 is 2.86 bits per heavy atom. The minimum Gasteiger partial charge on any atom is -0.200 e. The first-order chi connectivity index (χ1) is 6.84. The summed E-state index contributed by atoms with van der Waals surface area (Å²) in [6.45, 7) is 0.781. The molecule has 0 amide bonds. The Hall–Kier alpha value is -1.70. The molecule has 0 radical (unpaired) electrons. The number of fused-ring (bicyclic) bond motifs is 3. The smallest absolute Gasteiger partial charge is 0.200 e. The molecular weight excluding hydrogens is 177 g/mol. The fourth-order valence-electron chi connectivity index (χ4n) is 1.98. The molecule has 14 heavy (non-hydrogen) atoms. The quantitative estimate of drug-likeness (QED) is 0.473.